The molecule has 0 fully saturated rings. The van der Waals surface area contributed by atoms with E-state index in [-0.39, 0.29) is 12.5 Å². The van der Waals surface area contributed by atoms with E-state index in [1.165, 1.54) is 0 Å². The predicted molar refractivity (Wildman–Crippen MR) is 93.8 cm³/mol. The average molecular weight is 326 g/mol. The molecule has 0 spiro atoms. The van der Waals surface area contributed by atoms with Crippen molar-refractivity contribution in [3.63, 3.8) is 0 Å². The van der Waals surface area contributed by atoms with Crippen LogP contribution in [-0.4, -0.2) is 35.0 Å². The fourth-order valence-corrected chi connectivity index (χ4v) is 2.66. The van der Waals surface area contributed by atoms with Crippen molar-refractivity contribution in [3.8, 4) is 0 Å². The maximum atomic E-state index is 12.9. The van der Waals surface area contributed by atoms with Crippen molar-refractivity contribution < 1.29 is 14.7 Å². The summed E-state index contributed by atoms with van der Waals surface area (Å²) < 4.78 is 0. The number of carboxylic acid groups (broad SMARTS) is 1. The van der Waals surface area contributed by atoms with Gasteiger partial charge in [-0.3, -0.25) is 14.5 Å². The molecule has 2 rings (SSSR count). The van der Waals surface area contributed by atoms with E-state index in [1.54, 1.807) is 17.0 Å². The Kier molecular flexibility index (Phi) is 6.51. The Morgan fingerprint density at radius 1 is 1.04 bits per heavy atom. The lowest BCUT2D eigenvalue weighted by molar-refractivity contribution is -0.139. The number of hydrogen-bond acceptors (Lipinski definition) is 3. The van der Waals surface area contributed by atoms with Crippen molar-refractivity contribution in [3.05, 3.63) is 66.2 Å². The molecule has 0 heterocycles. The first-order valence-electron chi connectivity index (χ1n) is 7.98. The Morgan fingerprint density at radius 2 is 1.62 bits per heavy atom. The number of aliphatic carboxylic acids is 1. The number of benzene rings is 2. The molecule has 126 valence electrons. The van der Waals surface area contributed by atoms with E-state index in [2.05, 4.69) is 5.32 Å². The highest BCUT2D eigenvalue weighted by Gasteiger charge is 2.28. The minimum absolute atomic E-state index is 0.185. The van der Waals surface area contributed by atoms with Gasteiger partial charge in [0.1, 0.15) is 6.04 Å². The second-order valence-corrected chi connectivity index (χ2v) is 5.53. The number of rotatable bonds is 8. The van der Waals surface area contributed by atoms with Gasteiger partial charge in [0.05, 0.1) is 6.54 Å². The fraction of sp³-hybridized carbons (Fsp3) is 0.263. The summed E-state index contributed by atoms with van der Waals surface area (Å²) in [5.41, 5.74) is 1.47. The number of carboxylic acids is 1. The summed E-state index contributed by atoms with van der Waals surface area (Å²) in [5.74, 6) is -1.18. The molecule has 0 aromatic heterocycles. The van der Waals surface area contributed by atoms with Gasteiger partial charge in [0.2, 0.25) is 5.91 Å². The highest BCUT2D eigenvalue weighted by atomic mass is 16.4. The summed E-state index contributed by atoms with van der Waals surface area (Å²) in [6.45, 7) is 2.30. The Bertz CT molecular complexity index is 659. The van der Waals surface area contributed by atoms with Crippen molar-refractivity contribution >= 4 is 17.6 Å². The Hall–Kier alpha value is -2.66. The highest BCUT2D eigenvalue weighted by Crippen LogP contribution is 2.23. The Morgan fingerprint density at radius 3 is 2.17 bits per heavy atom. The minimum atomic E-state index is -0.947. The number of nitrogens with zero attached hydrogens (tertiary/aromatic N) is 1. The van der Waals surface area contributed by atoms with Gasteiger partial charge in [-0.05, 0) is 30.7 Å². The van der Waals surface area contributed by atoms with Gasteiger partial charge >= 0.3 is 5.97 Å². The van der Waals surface area contributed by atoms with Crippen LogP contribution in [0.2, 0.25) is 0 Å². The first kappa shape index (κ1) is 17.7. The van der Waals surface area contributed by atoms with Crippen LogP contribution < -0.4 is 5.32 Å². The summed E-state index contributed by atoms with van der Waals surface area (Å²) in [5, 5.41) is 12.1. The number of carbonyl (C=O) groups is 2. The molecule has 0 saturated heterocycles. The number of nitrogens with one attached hydrogen (secondary N) is 1. The van der Waals surface area contributed by atoms with Crippen LogP contribution in [0.4, 0.5) is 5.69 Å². The molecule has 2 N–H and O–H groups in total. The maximum absolute atomic E-state index is 12.9. The van der Waals surface area contributed by atoms with Crippen molar-refractivity contribution in [2.24, 2.45) is 0 Å². The molecule has 0 saturated carbocycles. The van der Waals surface area contributed by atoms with Crippen molar-refractivity contribution in [1.82, 2.24) is 4.90 Å². The third-order valence-corrected chi connectivity index (χ3v) is 3.62. The van der Waals surface area contributed by atoms with E-state index >= 15 is 0 Å². The lowest BCUT2D eigenvalue weighted by Crippen LogP contribution is -2.40. The van der Waals surface area contributed by atoms with Gasteiger partial charge in [0, 0.05) is 5.69 Å². The lowest BCUT2D eigenvalue weighted by atomic mass is 10.0. The van der Waals surface area contributed by atoms with E-state index in [1.807, 2.05) is 55.5 Å². The molecular weight excluding hydrogens is 304 g/mol. The normalized spacial score (nSPS) is 11.9. The molecule has 2 aromatic carbocycles. The fourth-order valence-electron chi connectivity index (χ4n) is 2.66. The minimum Gasteiger partial charge on any atom is -0.480 e. The maximum Gasteiger partial charge on any atom is 0.317 e. The third kappa shape index (κ3) is 4.93. The van der Waals surface area contributed by atoms with E-state index in [0.717, 1.165) is 12.0 Å². The molecule has 0 aliphatic heterocycles. The molecule has 5 heteroatoms. The highest BCUT2D eigenvalue weighted by molar-refractivity contribution is 5.95. The van der Waals surface area contributed by atoms with E-state index in [4.69, 9.17) is 0 Å². The molecule has 0 radical (unpaired) electrons. The van der Waals surface area contributed by atoms with Crippen LogP contribution in [0.15, 0.2) is 60.7 Å². The molecule has 0 bridgehead atoms. The standard InChI is InChI=1S/C19H22N2O3/c1-2-13-21(14-17(22)23)18(15-9-5-3-6-10-15)19(24)20-16-11-7-4-8-12-16/h3-12,18H,2,13-14H2,1H3,(H,20,24)(H,22,23). The number of hydrogen-bond donors (Lipinski definition) is 2. The summed E-state index contributed by atoms with van der Waals surface area (Å²) in [6, 6.07) is 17.8. The second-order valence-electron chi connectivity index (χ2n) is 5.53. The molecule has 24 heavy (non-hydrogen) atoms. The van der Waals surface area contributed by atoms with Gasteiger partial charge in [-0.15, -0.1) is 0 Å². The zero-order valence-corrected chi connectivity index (χ0v) is 13.7. The smallest absolute Gasteiger partial charge is 0.317 e. The molecule has 2 aromatic rings. The van der Waals surface area contributed by atoms with E-state index in [0.29, 0.717) is 12.2 Å². The molecule has 1 amide bonds. The van der Waals surface area contributed by atoms with Gasteiger partial charge in [-0.1, -0.05) is 55.5 Å². The monoisotopic (exact) mass is 326 g/mol. The van der Waals surface area contributed by atoms with E-state index < -0.39 is 12.0 Å². The van der Waals surface area contributed by atoms with Gasteiger partial charge in [0.25, 0.3) is 0 Å². The first-order chi connectivity index (χ1) is 11.6. The van der Waals surface area contributed by atoms with Crippen molar-refractivity contribution in [2.45, 2.75) is 19.4 Å². The summed E-state index contributed by atoms with van der Waals surface area (Å²) in [6.07, 6.45) is 0.759. The molecule has 5 nitrogen and oxygen atoms in total. The third-order valence-electron chi connectivity index (χ3n) is 3.62. The zero-order valence-electron chi connectivity index (χ0n) is 13.7. The quantitative estimate of drug-likeness (QED) is 0.782. The number of amides is 1. The molecule has 0 aliphatic carbocycles. The van der Waals surface area contributed by atoms with Crippen LogP contribution in [0.5, 0.6) is 0 Å². The van der Waals surface area contributed by atoms with Crippen molar-refractivity contribution in [2.75, 3.05) is 18.4 Å². The molecular formula is C19H22N2O3. The Balaban J connectivity index is 2.30. The lowest BCUT2D eigenvalue weighted by Gasteiger charge is -2.29. The van der Waals surface area contributed by atoms with Crippen LogP contribution in [0.25, 0.3) is 0 Å². The second kappa shape index (κ2) is 8.84. The largest absolute Gasteiger partial charge is 0.480 e. The van der Waals surface area contributed by atoms with Crippen molar-refractivity contribution in [1.29, 1.82) is 0 Å². The van der Waals surface area contributed by atoms with Gasteiger partial charge in [0.15, 0.2) is 0 Å². The van der Waals surface area contributed by atoms with Gasteiger partial charge < -0.3 is 10.4 Å². The van der Waals surface area contributed by atoms with Crippen LogP contribution in [0, 0.1) is 0 Å². The first-order valence-corrected chi connectivity index (χ1v) is 7.98. The van der Waals surface area contributed by atoms with Gasteiger partial charge in [-0.25, -0.2) is 0 Å². The van der Waals surface area contributed by atoms with Crippen LogP contribution in [-0.2, 0) is 9.59 Å². The van der Waals surface area contributed by atoms with Crippen LogP contribution in [0.1, 0.15) is 24.9 Å². The Labute approximate surface area is 141 Å². The summed E-state index contributed by atoms with van der Waals surface area (Å²) >= 11 is 0. The van der Waals surface area contributed by atoms with Crippen LogP contribution in [0.3, 0.4) is 0 Å². The number of carbonyl (C=O) groups excluding carboxylic acids is 1. The predicted octanol–water partition coefficient (Wildman–Crippen LogP) is 3.16. The summed E-state index contributed by atoms with van der Waals surface area (Å²) in [4.78, 5) is 25.8. The van der Waals surface area contributed by atoms with E-state index in [9.17, 15) is 14.7 Å². The number of anilines is 1. The zero-order chi connectivity index (χ0) is 17.4. The molecule has 1 atom stereocenters. The van der Waals surface area contributed by atoms with Gasteiger partial charge in [-0.2, -0.15) is 0 Å². The molecule has 0 aliphatic rings. The molecule has 1 unspecified atom stereocenters. The SMILES string of the molecule is CCCN(CC(=O)O)C(C(=O)Nc1ccccc1)c1ccccc1. The number of para-hydroxylation sites is 1. The topological polar surface area (TPSA) is 69.6 Å². The summed E-state index contributed by atoms with van der Waals surface area (Å²) in [7, 11) is 0. The average Bonchev–Trinajstić information content (AvgIpc) is 2.56. The van der Waals surface area contributed by atoms with Crippen LogP contribution >= 0.6 is 0 Å².